The van der Waals surface area contributed by atoms with Crippen molar-refractivity contribution in [3.63, 3.8) is 0 Å². The highest BCUT2D eigenvalue weighted by Gasteiger charge is 2.20. The van der Waals surface area contributed by atoms with Crippen LogP contribution in [0.3, 0.4) is 0 Å². The molecule has 1 aliphatic rings. The number of nitrogens with zero attached hydrogens (tertiary/aromatic N) is 2. The molecule has 0 bridgehead atoms. The topological polar surface area (TPSA) is 105 Å². The summed E-state index contributed by atoms with van der Waals surface area (Å²) in [4.78, 5) is 34.5. The third-order valence-electron chi connectivity index (χ3n) is 3.16. The van der Waals surface area contributed by atoms with E-state index in [0.29, 0.717) is 26.1 Å². The highest BCUT2D eigenvalue weighted by atomic mass is 16.6. The maximum Gasteiger partial charge on any atom is 0.317 e. The number of carbonyl (C=O) groups excluding carboxylic acids is 2. The Bertz CT molecular complexity index is 544. The average molecular weight is 292 g/mol. The number of amides is 3. The highest BCUT2D eigenvalue weighted by Crippen LogP contribution is 2.11. The van der Waals surface area contributed by atoms with Crippen molar-refractivity contribution in [1.29, 1.82) is 0 Å². The summed E-state index contributed by atoms with van der Waals surface area (Å²) in [5.74, 6) is -0.160. The number of urea groups is 1. The van der Waals surface area contributed by atoms with Crippen LogP contribution < -0.4 is 10.6 Å². The lowest BCUT2D eigenvalue weighted by Gasteiger charge is -2.26. The highest BCUT2D eigenvalue weighted by molar-refractivity contribution is 5.85. The quantitative estimate of drug-likeness (QED) is 0.614. The summed E-state index contributed by atoms with van der Waals surface area (Å²) in [5, 5.41) is 15.9. The molecular formula is C13H16N4O4. The van der Waals surface area contributed by atoms with Crippen molar-refractivity contribution in [2.75, 3.05) is 26.2 Å². The predicted octanol–water partition coefficient (Wildman–Crippen LogP) is 0.279. The van der Waals surface area contributed by atoms with Gasteiger partial charge in [0.2, 0.25) is 5.91 Å². The van der Waals surface area contributed by atoms with Gasteiger partial charge >= 0.3 is 6.03 Å². The second-order valence-electron chi connectivity index (χ2n) is 4.68. The van der Waals surface area contributed by atoms with Crippen molar-refractivity contribution in [2.24, 2.45) is 0 Å². The van der Waals surface area contributed by atoms with Crippen LogP contribution in [-0.2, 0) is 11.2 Å². The number of nitro benzene ring substituents is 1. The Morgan fingerprint density at radius 1 is 1.38 bits per heavy atom. The van der Waals surface area contributed by atoms with E-state index in [1.807, 2.05) is 0 Å². The monoisotopic (exact) mass is 292 g/mol. The van der Waals surface area contributed by atoms with Crippen LogP contribution in [0.4, 0.5) is 10.5 Å². The fourth-order valence-corrected chi connectivity index (χ4v) is 2.02. The first kappa shape index (κ1) is 14.8. The van der Waals surface area contributed by atoms with Crippen molar-refractivity contribution in [1.82, 2.24) is 15.5 Å². The van der Waals surface area contributed by atoms with Gasteiger partial charge in [0.05, 0.1) is 4.92 Å². The third-order valence-corrected chi connectivity index (χ3v) is 3.16. The van der Waals surface area contributed by atoms with Gasteiger partial charge in [0, 0.05) is 31.8 Å². The number of nitro groups is 1. The number of benzene rings is 1. The number of nitrogens with one attached hydrogen (secondary N) is 2. The number of hydrogen-bond donors (Lipinski definition) is 2. The van der Waals surface area contributed by atoms with E-state index in [2.05, 4.69) is 10.6 Å². The van der Waals surface area contributed by atoms with Crippen LogP contribution in [0.5, 0.6) is 0 Å². The molecule has 0 aliphatic carbocycles. The smallest absolute Gasteiger partial charge is 0.317 e. The van der Waals surface area contributed by atoms with Gasteiger partial charge in [0.1, 0.15) is 6.54 Å². The van der Waals surface area contributed by atoms with Gasteiger partial charge in [-0.25, -0.2) is 4.79 Å². The van der Waals surface area contributed by atoms with Crippen molar-refractivity contribution in [3.8, 4) is 0 Å². The van der Waals surface area contributed by atoms with Gasteiger partial charge in [-0.1, -0.05) is 12.1 Å². The molecule has 0 atom stereocenters. The Morgan fingerprint density at radius 2 is 2.10 bits per heavy atom. The molecule has 0 aromatic heterocycles. The lowest BCUT2D eigenvalue weighted by molar-refractivity contribution is -0.384. The predicted molar refractivity (Wildman–Crippen MR) is 74.8 cm³/mol. The van der Waals surface area contributed by atoms with Gasteiger partial charge in [0.15, 0.2) is 0 Å². The largest absolute Gasteiger partial charge is 0.353 e. The Hall–Kier alpha value is -2.64. The number of non-ortho nitro benzene ring substituents is 1. The fraction of sp³-hybridized carbons (Fsp3) is 0.385. The summed E-state index contributed by atoms with van der Waals surface area (Å²) < 4.78 is 0. The Kier molecular flexibility index (Phi) is 4.70. The van der Waals surface area contributed by atoms with E-state index in [0.717, 1.165) is 5.56 Å². The van der Waals surface area contributed by atoms with Gasteiger partial charge < -0.3 is 15.5 Å². The first-order valence-electron chi connectivity index (χ1n) is 6.59. The lowest BCUT2D eigenvalue weighted by Crippen LogP contribution is -2.53. The van der Waals surface area contributed by atoms with Crippen LogP contribution in [0.25, 0.3) is 0 Å². The number of piperazine rings is 1. The molecule has 0 spiro atoms. The van der Waals surface area contributed by atoms with Crippen LogP contribution in [-0.4, -0.2) is 47.9 Å². The van der Waals surface area contributed by atoms with Crippen molar-refractivity contribution in [3.05, 3.63) is 39.9 Å². The molecule has 1 aliphatic heterocycles. The molecule has 0 unspecified atom stereocenters. The van der Waals surface area contributed by atoms with E-state index in [-0.39, 0.29) is 24.2 Å². The van der Waals surface area contributed by atoms with Gasteiger partial charge in [-0.2, -0.15) is 0 Å². The molecule has 8 heteroatoms. The number of rotatable bonds is 4. The summed E-state index contributed by atoms with van der Waals surface area (Å²) >= 11 is 0. The minimum atomic E-state index is -0.451. The first-order valence-corrected chi connectivity index (χ1v) is 6.59. The summed E-state index contributed by atoms with van der Waals surface area (Å²) in [6, 6.07) is 5.93. The molecular weight excluding hydrogens is 276 g/mol. The molecule has 2 rings (SSSR count). The van der Waals surface area contributed by atoms with Crippen LogP contribution >= 0.6 is 0 Å². The van der Waals surface area contributed by atoms with Gasteiger partial charge in [0.25, 0.3) is 5.69 Å². The molecule has 1 saturated heterocycles. The van der Waals surface area contributed by atoms with Crippen LogP contribution in [0.15, 0.2) is 24.3 Å². The zero-order chi connectivity index (χ0) is 15.2. The molecule has 21 heavy (non-hydrogen) atoms. The molecule has 8 nitrogen and oxygen atoms in total. The maximum atomic E-state index is 11.8. The minimum absolute atomic E-state index is 0.0436. The molecule has 112 valence electrons. The van der Waals surface area contributed by atoms with E-state index in [4.69, 9.17) is 0 Å². The first-order chi connectivity index (χ1) is 10.1. The van der Waals surface area contributed by atoms with E-state index >= 15 is 0 Å². The summed E-state index contributed by atoms with van der Waals surface area (Å²) in [7, 11) is 0. The third kappa shape index (κ3) is 4.16. The standard InChI is InChI=1S/C13H16N4O4/c18-12-9-16(8-7-14-12)13(19)15-6-5-10-1-3-11(4-2-10)17(20)21/h1-4H,5-9H2,(H,14,18)(H,15,19). The molecule has 2 N–H and O–H groups in total. The maximum absolute atomic E-state index is 11.8. The van der Waals surface area contributed by atoms with Crippen molar-refractivity contribution < 1.29 is 14.5 Å². The van der Waals surface area contributed by atoms with E-state index in [9.17, 15) is 19.7 Å². The minimum Gasteiger partial charge on any atom is -0.353 e. The second-order valence-corrected chi connectivity index (χ2v) is 4.68. The Balaban J connectivity index is 1.77. The average Bonchev–Trinajstić information content (AvgIpc) is 2.47. The number of hydrogen-bond acceptors (Lipinski definition) is 4. The zero-order valence-electron chi connectivity index (χ0n) is 11.4. The molecule has 3 amide bonds. The summed E-state index contributed by atoms with van der Waals surface area (Å²) in [5.41, 5.74) is 0.944. The molecule has 1 heterocycles. The zero-order valence-corrected chi connectivity index (χ0v) is 11.4. The fourth-order valence-electron chi connectivity index (χ4n) is 2.02. The second kappa shape index (κ2) is 6.69. The van der Waals surface area contributed by atoms with Crippen LogP contribution in [0, 0.1) is 10.1 Å². The van der Waals surface area contributed by atoms with E-state index in [1.165, 1.54) is 17.0 Å². The van der Waals surface area contributed by atoms with Gasteiger partial charge in [-0.3, -0.25) is 14.9 Å². The van der Waals surface area contributed by atoms with Crippen LogP contribution in [0.1, 0.15) is 5.56 Å². The van der Waals surface area contributed by atoms with Crippen LogP contribution in [0.2, 0.25) is 0 Å². The van der Waals surface area contributed by atoms with Crippen molar-refractivity contribution >= 4 is 17.6 Å². The van der Waals surface area contributed by atoms with Gasteiger partial charge in [-0.05, 0) is 12.0 Å². The molecule has 1 aromatic carbocycles. The molecule has 1 fully saturated rings. The number of carbonyl (C=O) groups is 2. The van der Waals surface area contributed by atoms with E-state index < -0.39 is 4.92 Å². The Labute approximate surface area is 121 Å². The SMILES string of the molecule is O=C1CN(C(=O)NCCc2ccc([N+](=O)[O-])cc2)CCN1. The van der Waals surface area contributed by atoms with Gasteiger partial charge in [-0.15, -0.1) is 0 Å². The summed E-state index contributed by atoms with van der Waals surface area (Å²) in [6.07, 6.45) is 0.573. The summed E-state index contributed by atoms with van der Waals surface area (Å²) in [6.45, 7) is 1.45. The van der Waals surface area contributed by atoms with E-state index in [1.54, 1.807) is 12.1 Å². The Morgan fingerprint density at radius 3 is 2.71 bits per heavy atom. The molecule has 0 radical (unpaired) electrons. The molecule has 1 aromatic rings. The molecule has 0 saturated carbocycles. The lowest BCUT2D eigenvalue weighted by atomic mass is 10.1. The van der Waals surface area contributed by atoms with Crippen molar-refractivity contribution in [2.45, 2.75) is 6.42 Å². The normalized spacial score (nSPS) is 14.5.